The van der Waals surface area contributed by atoms with E-state index in [9.17, 15) is 9.59 Å². The van der Waals surface area contributed by atoms with Crippen LogP contribution in [0.2, 0.25) is 0 Å². The smallest absolute Gasteiger partial charge is 0.408 e. The molecule has 0 unspecified atom stereocenters. The standard InChI is InChI=1S/C15H27NO5/c1-14(2,3)20-12(17)11(8-7-10-9-19-10)16-13(18)21-15(4,5)6/h10-11H,7-9H2,1-6H3,(H,16,18)/t10-,11+/m0/s1. The molecule has 1 saturated heterocycles. The summed E-state index contributed by atoms with van der Waals surface area (Å²) in [4.78, 5) is 24.0. The Hall–Kier alpha value is -1.30. The van der Waals surface area contributed by atoms with E-state index in [0.29, 0.717) is 19.4 Å². The van der Waals surface area contributed by atoms with E-state index in [1.54, 1.807) is 41.5 Å². The van der Waals surface area contributed by atoms with Gasteiger partial charge in [-0.15, -0.1) is 0 Å². The average Bonchev–Trinajstić information content (AvgIpc) is 3.02. The number of alkyl carbamates (subject to hydrolysis) is 1. The highest BCUT2D eigenvalue weighted by Gasteiger charge is 2.31. The first-order valence-electron chi connectivity index (χ1n) is 7.30. The van der Waals surface area contributed by atoms with Crippen LogP contribution in [0.25, 0.3) is 0 Å². The van der Waals surface area contributed by atoms with Crippen LogP contribution < -0.4 is 5.32 Å². The van der Waals surface area contributed by atoms with E-state index in [1.807, 2.05) is 0 Å². The lowest BCUT2D eigenvalue weighted by atomic mass is 10.1. The van der Waals surface area contributed by atoms with Crippen LogP contribution in [0.15, 0.2) is 0 Å². The minimum absolute atomic E-state index is 0.190. The van der Waals surface area contributed by atoms with Crippen molar-refractivity contribution in [3.8, 4) is 0 Å². The minimum Gasteiger partial charge on any atom is -0.458 e. The van der Waals surface area contributed by atoms with Crippen molar-refractivity contribution in [1.29, 1.82) is 0 Å². The van der Waals surface area contributed by atoms with Crippen molar-refractivity contribution in [2.45, 2.75) is 77.7 Å². The van der Waals surface area contributed by atoms with E-state index < -0.39 is 29.3 Å². The Bertz CT molecular complexity index is 377. The highest BCUT2D eigenvalue weighted by Crippen LogP contribution is 2.19. The van der Waals surface area contributed by atoms with Crippen molar-refractivity contribution in [2.75, 3.05) is 6.61 Å². The molecule has 0 aliphatic carbocycles. The third-order valence-electron chi connectivity index (χ3n) is 2.56. The van der Waals surface area contributed by atoms with Gasteiger partial charge in [-0.25, -0.2) is 9.59 Å². The third-order valence-corrected chi connectivity index (χ3v) is 2.56. The summed E-state index contributed by atoms with van der Waals surface area (Å²) in [5, 5.41) is 2.59. The fourth-order valence-electron chi connectivity index (χ4n) is 1.66. The van der Waals surface area contributed by atoms with Gasteiger partial charge in [-0.3, -0.25) is 0 Å². The van der Waals surface area contributed by atoms with Gasteiger partial charge in [-0.05, 0) is 54.4 Å². The van der Waals surface area contributed by atoms with Crippen LogP contribution in [0, 0.1) is 0 Å². The first kappa shape index (κ1) is 17.8. The van der Waals surface area contributed by atoms with Crippen molar-refractivity contribution in [3.05, 3.63) is 0 Å². The van der Waals surface area contributed by atoms with Crippen molar-refractivity contribution in [2.24, 2.45) is 0 Å². The largest absolute Gasteiger partial charge is 0.458 e. The molecular formula is C15H27NO5. The molecule has 122 valence electrons. The van der Waals surface area contributed by atoms with E-state index >= 15 is 0 Å². The van der Waals surface area contributed by atoms with Gasteiger partial charge in [0, 0.05) is 0 Å². The predicted octanol–water partition coefficient (Wildman–Crippen LogP) is 2.40. The van der Waals surface area contributed by atoms with Crippen LogP contribution in [0.5, 0.6) is 0 Å². The molecule has 0 saturated carbocycles. The van der Waals surface area contributed by atoms with Gasteiger partial charge in [0.05, 0.1) is 12.7 Å². The third kappa shape index (κ3) is 8.55. The Morgan fingerprint density at radius 1 is 1.14 bits per heavy atom. The molecule has 6 heteroatoms. The molecule has 0 bridgehead atoms. The highest BCUT2D eigenvalue weighted by molar-refractivity contribution is 5.81. The maximum absolute atomic E-state index is 12.2. The summed E-state index contributed by atoms with van der Waals surface area (Å²) >= 11 is 0. The van der Waals surface area contributed by atoms with Gasteiger partial charge in [0.25, 0.3) is 0 Å². The number of esters is 1. The molecule has 6 nitrogen and oxygen atoms in total. The Morgan fingerprint density at radius 2 is 1.67 bits per heavy atom. The molecule has 1 aliphatic heterocycles. The summed E-state index contributed by atoms with van der Waals surface area (Å²) in [6.07, 6.45) is 0.754. The SMILES string of the molecule is CC(C)(C)OC(=O)N[C@H](CC[C@H]1CO1)C(=O)OC(C)(C)C. The molecule has 1 N–H and O–H groups in total. The zero-order valence-electron chi connectivity index (χ0n) is 13.8. The summed E-state index contributed by atoms with van der Waals surface area (Å²) < 4.78 is 15.6. The van der Waals surface area contributed by atoms with Gasteiger partial charge in [-0.1, -0.05) is 0 Å². The summed E-state index contributed by atoms with van der Waals surface area (Å²) in [6.45, 7) is 11.4. The Labute approximate surface area is 126 Å². The van der Waals surface area contributed by atoms with Gasteiger partial charge >= 0.3 is 12.1 Å². The molecule has 1 fully saturated rings. The van der Waals surface area contributed by atoms with E-state index in [1.165, 1.54) is 0 Å². The maximum atomic E-state index is 12.2. The number of amides is 1. The van der Waals surface area contributed by atoms with Crippen molar-refractivity contribution < 1.29 is 23.8 Å². The Morgan fingerprint density at radius 3 is 2.10 bits per heavy atom. The molecule has 1 heterocycles. The van der Waals surface area contributed by atoms with Crippen molar-refractivity contribution >= 4 is 12.1 Å². The van der Waals surface area contributed by atoms with E-state index in [-0.39, 0.29) is 6.10 Å². The quantitative estimate of drug-likeness (QED) is 0.623. The lowest BCUT2D eigenvalue weighted by molar-refractivity contribution is -0.157. The van der Waals surface area contributed by atoms with Crippen LogP contribution in [0.4, 0.5) is 4.79 Å². The Kier molecular flexibility index (Phi) is 5.61. The number of epoxide rings is 1. The fraction of sp³-hybridized carbons (Fsp3) is 0.867. The number of hydrogen-bond acceptors (Lipinski definition) is 5. The number of carbonyl (C=O) groups excluding carboxylic acids is 2. The number of carbonyl (C=O) groups is 2. The number of rotatable bonds is 5. The monoisotopic (exact) mass is 301 g/mol. The normalized spacial score (nSPS) is 19.6. The van der Waals surface area contributed by atoms with Gasteiger partial charge in [-0.2, -0.15) is 0 Å². The molecule has 0 radical (unpaired) electrons. The average molecular weight is 301 g/mol. The fourth-order valence-corrected chi connectivity index (χ4v) is 1.66. The molecule has 0 aromatic heterocycles. The van der Waals surface area contributed by atoms with Crippen LogP contribution in [0.1, 0.15) is 54.4 Å². The van der Waals surface area contributed by atoms with E-state index in [0.717, 1.165) is 0 Å². The number of hydrogen-bond donors (Lipinski definition) is 1. The predicted molar refractivity (Wildman–Crippen MR) is 78.0 cm³/mol. The van der Waals surface area contributed by atoms with Crippen LogP contribution in [0.3, 0.4) is 0 Å². The molecule has 0 spiro atoms. The van der Waals surface area contributed by atoms with Crippen molar-refractivity contribution in [3.63, 3.8) is 0 Å². The summed E-state index contributed by atoms with van der Waals surface area (Å²) in [6, 6.07) is -0.719. The topological polar surface area (TPSA) is 77.2 Å². The maximum Gasteiger partial charge on any atom is 0.408 e. The lowest BCUT2D eigenvalue weighted by Crippen LogP contribution is -2.46. The Balaban J connectivity index is 2.57. The molecule has 0 aromatic carbocycles. The molecule has 2 atom stereocenters. The summed E-state index contributed by atoms with van der Waals surface area (Å²) in [5.41, 5.74) is -1.21. The van der Waals surface area contributed by atoms with Crippen LogP contribution in [-0.2, 0) is 19.0 Å². The first-order chi connectivity index (χ1) is 9.46. The lowest BCUT2D eigenvalue weighted by Gasteiger charge is -2.26. The van der Waals surface area contributed by atoms with Crippen LogP contribution in [-0.4, -0.2) is 42.0 Å². The highest BCUT2D eigenvalue weighted by atomic mass is 16.6. The first-order valence-corrected chi connectivity index (χ1v) is 7.30. The van der Waals surface area contributed by atoms with E-state index in [2.05, 4.69) is 5.32 Å². The number of ether oxygens (including phenoxy) is 3. The molecular weight excluding hydrogens is 274 g/mol. The summed E-state index contributed by atoms with van der Waals surface area (Å²) in [7, 11) is 0. The molecule has 1 aliphatic rings. The molecule has 1 rings (SSSR count). The number of nitrogens with one attached hydrogen (secondary N) is 1. The second-order valence-electron chi connectivity index (χ2n) is 7.26. The molecule has 1 amide bonds. The van der Waals surface area contributed by atoms with Gasteiger partial charge < -0.3 is 19.5 Å². The second-order valence-corrected chi connectivity index (χ2v) is 7.26. The zero-order chi connectivity index (χ0) is 16.3. The zero-order valence-corrected chi connectivity index (χ0v) is 13.8. The minimum atomic E-state index is -0.719. The second kappa shape index (κ2) is 6.64. The van der Waals surface area contributed by atoms with Gasteiger partial charge in [0.1, 0.15) is 17.2 Å². The molecule has 0 aromatic rings. The van der Waals surface area contributed by atoms with Crippen molar-refractivity contribution in [1.82, 2.24) is 5.32 Å². The summed E-state index contributed by atoms with van der Waals surface area (Å²) in [5.74, 6) is -0.450. The molecule has 21 heavy (non-hydrogen) atoms. The van der Waals surface area contributed by atoms with Gasteiger partial charge in [0.2, 0.25) is 0 Å². The van der Waals surface area contributed by atoms with Crippen LogP contribution >= 0.6 is 0 Å². The van der Waals surface area contributed by atoms with E-state index in [4.69, 9.17) is 14.2 Å². The van der Waals surface area contributed by atoms with Gasteiger partial charge in [0.15, 0.2) is 0 Å².